The van der Waals surface area contributed by atoms with Gasteiger partial charge in [0.25, 0.3) is 5.91 Å². The van der Waals surface area contributed by atoms with Crippen LogP contribution in [0.15, 0.2) is 66.7 Å². The minimum absolute atomic E-state index is 0.230. The Hall–Kier alpha value is -3.67. The van der Waals surface area contributed by atoms with Crippen molar-refractivity contribution in [2.75, 3.05) is 11.9 Å². The van der Waals surface area contributed by atoms with E-state index in [0.717, 1.165) is 16.6 Å². The topological polar surface area (TPSA) is 69.0 Å². The molecular weight excluding hydrogens is 376 g/mol. The molecule has 0 fully saturated rings. The number of anilines is 1. The lowest BCUT2D eigenvalue weighted by atomic mass is 10.2. The molecule has 6 nitrogen and oxygen atoms in total. The number of carbonyl (C=O) groups is 1. The zero-order valence-corrected chi connectivity index (χ0v) is 17.3. The van der Waals surface area contributed by atoms with Gasteiger partial charge in [-0.3, -0.25) is 4.79 Å². The zero-order valence-electron chi connectivity index (χ0n) is 17.3. The number of amides is 1. The molecule has 0 aliphatic heterocycles. The third kappa shape index (κ3) is 4.33. The zero-order chi connectivity index (χ0) is 21.1. The Balaban J connectivity index is 1.59. The molecule has 1 N–H and O–H groups in total. The molecule has 6 heteroatoms. The van der Waals surface area contributed by atoms with Gasteiger partial charge in [-0.25, -0.2) is 4.98 Å². The number of fused-ring (bicyclic) bond motifs is 1. The quantitative estimate of drug-likeness (QED) is 0.494. The molecule has 0 aliphatic carbocycles. The Morgan fingerprint density at radius 3 is 2.73 bits per heavy atom. The predicted octanol–water partition coefficient (Wildman–Crippen LogP) is 5.02. The first-order chi connectivity index (χ1) is 14.5. The molecule has 0 spiro atoms. The van der Waals surface area contributed by atoms with Gasteiger partial charge in [0.1, 0.15) is 11.6 Å². The van der Waals surface area contributed by atoms with Gasteiger partial charge in [-0.1, -0.05) is 38.1 Å². The van der Waals surface area contributed by atoms with Crippen molar-refractivity contribution in [3.05, 3.63) is 78.0 Å². The lowest BCUT2D eigenvalue weighted by molar-refractivity contribution is 0.102. The summed E-state index contributed by atoms with van der Waals surface area (Å²) in [5.74, 6) is 2.07. The summed E-state index contributed by atoms with van der Waals surface area (Å²) in [5.41, 5.74) is 2.18. The SMILES string of the molecule is Cc1cc(NC(=O)c2cccc(OCC(C)C)c2)n(-c2ccc3ccccc3n2)n1. The number of ether oxygens (including phenoxy) is 1. The second-order valence-electron chi connectivity index (χ2n) is 7.63. The highest BCUT2D eigenvalue weighted by molar-refractivity contribution is 6.04. The molecule has 30 heavy (non-hydrogen) atoms. The van der Waals surface area contributed by atoms with Crippen LogP contribution in [0.1, 0.15) is 29.9 Å². The summed E-state index contributed by atoms with van der Waals surface area (Å²) in [6.07, 6.45) is 0. The van der Waals surface area contributed by atoms with E-state index in [1.807, 2.05) is 61.5 Å². The molecule has 2 aromatic carbocycles. The van der Waals surface area contributed by atoms with Gasteiger partial charge in [0.2, 0.25) is 0 Å². The maximum atomic E-state index is 12.9. The van der Waals surface area contributed by atoms with Gasteiger partial charge >= 0.3 is 0 Å². The van der Waals surface area contributed by atoms with Crippen molar-refractivity contribution < 1.29 is 9.53 Å². The van der Waals surface area contributed by atoms with Gasteiger partial charge < -0.3 is 10.1 Å². The summed E-state index contributed by atoms with van der Waals surface area (Å²) in [6.45, 7) is 6.65. The number of pyridine rings is 1. The van der Waals surface area contributed by atoms with Crippen LogP contribution in [0.3, 0.4) is 0 Å². The fraction of sp³-hybridized carbons (Fsp3) is 0.208. The first kappa shape index (κ1) is 19.6. The van der Waals surface area contributed by atoms with Crippen molar-refractivity contribution in [1.29, 1.82) is 0 Å². The Morgan fingerprint density at radius 1 is 1.07 bits per heavy atom. The van der Waals surface area contributed by atoms with Crippen LogP contribution in [0.2, 0.25) is 0 Å². The molecule has 0 radical (unpaired) electrons. The van der Waals surface area contributed by atoms with Gasteiger partial charge in [-0.15, -0.1) is 0 Å². The van der Waals surface area contributed by atoms with Crippen LogP contribution in [-0.4, -0.2) is 27.3 Å². The van der Waals surface area contributed by atoms with E-state index in [-0.39, 0.29) is 5.91 Å². The van der Waals surface area contributed by atoms with Gasteiger partial charge in [0.15, 0.2) is 5.82 Å². The third-order valence-electron chi connectivity index (χ3n) is 4.55. The molecule has 1 amide bonds. The Labute approximate surface area is 175 Å². The number of rotatable bonds is 6. The smallest absolute Gasteiger partial charge is 0.256 e. The first-order valence-corrected chi connectivity index (χ1v) is 9.96. The van der Waals surface area contributed by atoms with E-state index >= 15 is 0 Å². The monoisotopic (exact) mass is 400 g/mol. The van der Waals surface area contributed by atoms with E-state index < -0.39 is 0 Å². The highest BCUT2D eigenvalue weighted by Gasteiger charge is 2.14. The minimum Gasteiger partial charge on any atom is -0.493 e. The van der Waals surface area contributed by atoms with Crippen LogP contribution in [0.4, 0.5) is 5.82 Å². The molecular formula is C24H24N4O2. The van der Waals surface area contributed by atoms with Crippen LogP contribution in [0.5, 0.6) is 5.75 Å². The molecule has 0 aliphatic rings. The van der Waals surface area contributed by atoms with Crippen LogP contribution in [0.25, 0.3) is 16.7 Å². The van der Waals surface area contributed by atoms with E-state index in [0.29, 0.717) is 35.5 Å². The van der Waals surface area contributed by atoms with Crippen LogP contribution < -0.4 is 10.1 Å². The number of nitrogens with one attached hydrogen (secondary N) is 1. The Morgan fingerprint density at radius 2 is 1.90 bits per heavy atom. The number of aryl methyl sites for hydroxylation is 1. The largest absolute Gasteiger partial charge is 0.493 e. The van der Waals surface area contributed by atoms with Gasteiger partial charge in [0.05, 0.1) is 17.8 Å². The fourth-order valence-corrected chi connectivity index (χ4v) is 3.11. The molecule has 0 saturated carbocycles. The molecule has 152 valence electrons. The highest BCUT2D eigenvalue weighted by atomic mass is 16.5. The van der Waals surface area contributed by atoms with Crippen molar-refractivity contribution >= 4 is 22.6 Å². The number of hydrogen-bond donors (Lipinski definition) is 1. The second-order valence-corrected chi connectivity index (χ2v) is 7.63. The second kappa shape index (κ2) is 8.37. The highest BCUT2D eigenvalue weighted by Crippen LogP contribution is 2.21. The molecule has 4 rings (SSSR count). The van der Waals surface area contributed by atoms with Crippen molar-refractivity contribution in [3.8, 4) is 11.6 Å². The molecule has 2 heterocycles. The van der Waals surface area contributed by atoms with E-state index in [4.69, 9.17) is 4.74 Å². The van der Waals surface area contributed by atoms with Crippen molar-refractivity contribution in [2.45, 2.75) is 20.8 Å². The van der Waals surface area contributed by atoms with E-state index in [1.165, 1.54) is 0 Å². The number of benzene rings is 2. The average molecular weight is 400 g/mol. The third-order valence-corrected chi connectivity index (χ3v) is 4.55. The molecule has 0 atom stereocenters. The molecule has 4 aromatic rings. The lowest BCUT2D eigenvalue weighted by Gasteiger charge is -2.11. The minimum atomic E-state index is -0.230. The molecule has 2 aromatic heterocycles. The number of aromatic nitrogens is 3. The summed E-state index contributed by atoms with van der Waals surface area (Å²) in [7, 11) is 0. The summed E-state index contributed by atoms with van der Waals surface area (Å²) < 4.78 is 7.39. The van der Waals surface area contributed by atoms with E-state index in [1.54, 1.807) is 16.8 Å². The van der Waals surface area contributed by atoms with Gasteiger partial charge in [0, 0.05) is 17.0 Å². The Kier molecular flexibility index (Phi) is 5.48. The summed E-state index contributed by atoms with van der Waals surface area (Å²) in [4.78, 5) is 17.6. The summed E-state index contributed by atoms with van der Waals surface area (Å²) >= 11 is 0. The molecule has 0 unspecified atom stereocenters. The van der Waals surface area contributed by atoms with Crippen LogP contribution in [-0.2, 0) is 0 Å². The Bertz CT molecular complexity index is 1200. The molecule has 0 saturated heterocycles. The normalized spacial score (nSPS) is 11.1. The average Bonchev–Trinajstić information content (AvgIpc) is 3.12. The van der Waals surface area contributed by atoms with E-state index in [2.05, 4.69) is 29.2 Å². The predicted molar refractivity (Wildman–Crippen MR) is 118 cm³/mol. The fourth-order valence-electron chi connectivity index (χ4n) is 3.11. The first-order valence-electron chi connectivity index (χ1n) is 9.96. The molecule has 0 bridgehead atoms. The van der Waals surface area contributed by atoms with Gasteiger partial charge in [-0.05, 0) is 49.2 Å². The standard InChI is InChI=1S/C24H24N4O2/c1-16(2)15-30-20-9-6-8-19(14-20)24(29)26-23-13-17(3)27-28(23)22-12-11-18-7-4-5-10-21(18)25-22/h4-14,16H,15H2,1-3H3,(H,26,29). The van der Waals surface area contributed by atoms with Crippen LogP contribution >= 0.6 is 0 Å². The number of para-hydroxylation sites is 1. The van der Waals surface area contributed by atoms with Crippen molar-refractivity contribution in [3.63, 3.8) is 0 Å². The van der Waals surface area contributed by atoms with Crippen LogP contribution in [0, 0.1) is 12.8 Å². The summed E-state index contributed by atoms with van der Waals surface area (Å²) in [6, 6.07) is 20.8. The van der Waals surface area contributed by atoms with Crippen molar-refractivity contribution in [2.24, 2.45) is 5.92 Å². The maximum absolute atomic E-state index is 12.9. The number of hydrogen-bond acceptors (Lipinski definition) is 4. The van der Waals surface area contributed by atoms with E-state index in [9.17, 15) is 4.79 Å². The maximum Gasteiger partial charge on any atom is 0.256 e. The van der Waals surface area contributed by atoms with Gasteiger partial charge in [-0.2, -0.15) is 9.78 Å². The van der Waals surface area contributed by atoms with Crippen molar-refractivity contribution in [1.82, 2.24) is 14.8 Å². The summed E-state index contributed by atoms with van der Waals surface area (Å²) in [5, 5.41) is 8.52. The number of carbonyl (C=O) groups excluding carboxylic acids is 1. The lowest BCUT2D eigenvalue weighted by Crippen LogP contribution is -2.16. The number of nitrogens with zero attached hydrogens (tertiary/aromatic N) is 3.